The first-order valence-electron chi connectivity index (χ1n) is 4.13. The first kappa shape index (κ1) is 7.61. The van der Waals surface area contributed by atoms with Gasteiger partial charge in [0, 0.05) is 11.6 Å². The highest BCUT2D eigenvalue weighted by Crippen LogP contribution is 2.26. The Morgan fingerprint density at radius 3 is 2.83 bits per heavy atom. The molecule has 0 saturated heterocycles. The van der Waals surface area contributed by atoms with Crippen molar-refractivity contribution in [1.29, 1.82) is 0 Å². The topological polar surface area (TPSA) is 53.1 Å². The van der Waals surface area contributed by atoms with Gasteiger partial charge in [0.15, 0.2) is 0 Å². The first-order valence-corrected chi connectivity index (χ1v) is 4.13. The summed E-state index contributed by atoms with van der Waals surface area (Å²) in [5.41, 5.74) is 7.95. The summed E-state index contributed by atoms with van der Waals surface area (Å²) >= 11 is 0. The van der Waals surface area contributed by atoms with Crippen molar-refractivity contribution >= 4 is 5.82 Å². The van der Waals surface area contributed by atoms with Gasteiger partial charge in [0.05, 0.1) is 18.9 Å². The predicted octanol–water partition coefficient (Wildman–Crippen LogP) is 1.08. The van der Waals surface area contributed by atoms with E-state index in [-0.39, 0.29) is 0 Å². The van der Waals surface area contributed by atoms with Crippen molar-refractivity contribution in [2.75, 3.05) is 5.73 Å². The van der Waals surface area contributed by atoms with Gasteiger partial charge in [0.2, 0.25) is 0 Å². The lowest BCUT2D eigenvalue weighted by Gasteiger charge is -2.08. The highest BCUT2D eigenvalue weighted by atomic mass is 16.5. The maximum absolute atomic E-state index is 5.88. The van der Waals surface area contributed by atoms with Gasteiger partial charge in [-0.2, -0.15) is 5.10 Å². The minimum atomic E-state index is 0.329. The van der Waals surface area contributed by atoms with Crippen molar-refractivity contribution in [3.05, 3.63) is 11.3 Å². The second-order valence-electron chi connectivity index (χ2n) is 3.34. The zero-order valence-corrected chi connectivity index (χ0v) is 7.37. The molecule has 66 valence electrons. The molecule has 2 heterocycles. The number of ether oxygens (including phenoxy) is 1. The quantitative estimate of drug-likeness (QED) is 0.680. The highest BCUT2D eigenvalue weighted by Gasteiger charge is 2.21. The van der Waals surface area contributed by atoms with Crippen LogP contribution in [0.4, 0.5) is 5.82 Å². The number of hydrogen-bond donors (Lipinski definition) is 1. The van der Waals surface area contributed by atoms with E-state index >= 15 is 0 Å². The van der Waals surface area contributed by atoms with Gasteiger partial charge in [-0.1, -0.05) is 0 Å². The molecular weight excluding hydrogens is 154 g/mol. The van der Waals surface area contributed by atoms with E-state index in [1.807, 2.05) is 4.68 Å². The number of nitrogens with two attached hydrogens (primary N) is 1. The summed E-state index contributed by atoms with van der Waals surface area (Å²) in [6.07, 6.45) is 0. The molecule has 2 N–H and O–H groups in total. The zero-order chi connectivity index (χ0) is 8.72. The van der Waals surface area contributed by atoms with Crippen LogP contribution in [0.1, 0.15) is 31.1 Å². The van der Waals surface area contributed by atoms with Crippen LogP contribution in [-0.2, 0) is 18.0 Å². The van der Waals surface area contributed by atoms with Crippen molar-refractivity contribution < 1.29 is 4.74 Å². The molecule has 12 heavy (non-hydrogen) atoms. The van der Waals surface area contributed by atoms with Gasteiger partial charge in [-0.15, -0.1) is 0 Å². The Morgan fingerprint density at radius 1 is 1.50 bits per heavy atom. The molecule has 0 fully saturated rings. The summed E-state index contributed by atoms with van der Waals surface area (Å²) in [5, 5.41) is 4.36. The number of nitrogen functional groups attached to an aromatic ring is 1. The molecule has 0 aliphatic carbocycles. The number of anilines is 1. The van der Waals surface area contributed by atoms with Crippen molar-refractivity contribution in [3.8, 4) is 0 Å². The predicted molar refractivity (Wildman–Crippen MR) is 45.5 cm³/mol. The fourth-order valence-corrected chi connectivity index (χ4v) is 1.45. The summed E-state index contributed by atoms with van der Waals surface area (Å²) in [4.78, 5) is 0. The summed E-state index contributed by atoms with van der Waals surface area (Å²) in [7, 11) is 0. The van der Waals surface area contributed by atoms with E-state index in [2.05, 4.69) is 18.9 Å². The number of fused-ring (bicyclic) bond motifs is 1. The van der Waals surface area contributed by atoms with Crippen LogP contribution in [0, 0.1) is 0 Å². The Hall–Kier alpha value is -1.03. The van der Waals surface area contributed by atoms with Crippen LogP contribution in [-0.4, -0.2) is 9.78 Å². The SMILES string of the molecule is CC(C)n1nc2c(c1N)COC2. The fourth-order valence-electron chi connectivity index (χ4n) is 1.45. The van der Waals surface area contributed by atoms with Crippen molar-refractivity contribution in [1.82, 2.24) is 9.78 Å². The monoisotopic (exact) mass is 167 g/mol. The van der Waals surface area contributed by atoms with Gasteiger partial charge in [-0.05, 0) is 13.8 Å². The lowest BCUT2D eigenvalue weighted by Crippen LogP contribution is -2.08. The molecule has 1 aromatic heterocycles. The Balaban J connectivity index is 2.47. The van der Waals surface area contributed by atoms with Crippen LogP contribution in [0.15, 0.2) is 0 Å². The molecule has 2 rings (SSSR count). The number of hydrogen-bond acceptors (Lipinski definition) is 3. The summed E-state index contributed by atoms with van der Waals surface area (Å²) in [6, 6.07) is 0.329. The van der Waals surface area contributed by atoms with Crippen LogP contribution >= 0.6 is 0 Å². The number of rotatable bonds is 1. The van der Waals surface area contributed by atoms with E-state index in [9.17, 15) is 0 Å². The number of nitrogens with zero attached hydrogens (tertiary/aromatic N) is 2. The Kier molecular flexibility index (Phi) is 1.58. The van der Waals surface area contributed by atoms with Gasteiger partial charge in [0.25, 0.3) is 0 Å². The summed E-state index contributed by atoms with van der Waals surface area (Å²) in [5.74, 6) is 0.762. The maximum atomic E-state index is 5.88. The van der Waals surface area contributed by atoms with Gasteiger partial charge in [-0.25, -0.2) is 4.68 Å². The van der Waals surface area contributed by atoms with Gasteiger partial charge in [0.1, 0.15) is 5.82 Å². The van der Waals surface area contributed by atoms with E-state index < -0.39 is 0 Å². The molecule has 4 nitrogen and oxygen atoms in total. The van der Waals surface area contributed by atoms with Crippen LogP contribution in [0.25, 0.3) is 0 Å². The third-order valence-corrected chi connectivity index (χ3v) is 2.11. The van der Waals surface area contributed by atoms with Crippen molar-refractivity contribution in [2.24, 2.45) is 0 Å². The van der Waals surface area contributed by atoms with E-state index in [4.69, 9.17) is 10.5 Å². The maximum Gasteiger partial charge on any atom is 0.127 e. The average molecular weight is 167 g/mol. The van der Waals surface area contributed by atoms with Crippen molar-refractivity contribution in [2.45, 2.75) is 33.1 Å². The molecule has 0 unspecified atom stereocenters. The second kappa shape index (κ2) is 2.48. The van der Waals surface area contributed by atoms with Crippen molar-refractivity contribution in [3.63, 3.8) is 0 Å². The van der Waals surface area contributed by atoms with Gasteiger partial charge in [-0.3, -0.25) is 0 Å². The summed E-state index contributed by atoms with van der Waals surface area (Å²) < 4.78 is 7.07. The number of aromatic nitrogens is 2. The molecule has 0 bridgehead atoms. The molecule has 0 aromatic carbocycles. The molecule has 4 heteroatoms. The Labute approximate surface area is 71.3 Å². The van der Waals surface area contributed by atoms with E-state index in [1.165, 1.54) is 0 Å². The van der Waals surface area contributed by atoms with Crippen LogP contribution in [0.2, 0.25) is 0 Å². The smallest absolute Gasteiger partial charge is 0.127 e. The van der Waals surface area contributed by atoms with E-state index in [0.29, 0.717) is 19.3 Å². The highest BCUT2D eigenvalue weighted by molar-refractivity contribution is 5.44. The largest absolute Gasteiger partial charge is 0.384 e. The molecule has 1 aliphatic heterocycles. The minimum absolute atomic E-state index is 0.329. The Bertz CT molecular complexity index is 303. The summed E-state index contributed by atoms with van der Waals surface area (Å²) in [6.45, 7) is 5.37. The third-order valence-electron chi connectivity index (χ3n) is 2.11. The molecule has 0 saturated carbocycles. The average Bonchev–Trinajstić information content (AvgIpc) is 2.53. The first-order chi connectivity index (χ1) is 5.70. The third kappa shape index (κ3) is 0.914. The second-order valence-corrected chi connectivity index (χ2v) is 3.34. The molecule has 0 atom stereocenters. The van der Waals surface area contributed by atoms with Gasteiger partial charge >= 0.3 is 0 Å². The molecule has 0 radical (unpaired) electrons. The van der Waals surface area contributed by atoms with Crippen LogP contribution < -0.4 is 5.73 Å². The van der Waals surface area contributed by atoms with Crippen LogP contribution in [0.3, 0.4) is 0 Å². The standard InChI is InChI=1S/C8H13N3O/c1-5(2)11-8(9)6-3-12-4-7(6)10-11/h5H,3-4,9H2,1-2H3. The van der Waals surface area contributed by atoms with Gasteiger partial charge < -0.3 is 10.5 Å². The molecular formula is C8H13N3O. The molecule has 1 aromatic rings. The normalized spacial score (nSPS) is 15.6. The lowest BCUT2D eigenvalue weighted by molar-refractivity contribution is 0.131. The minimum Gasteiger partial charge on any atom is -0.384 e. The molecule has 1 aliphatic rings. The van der Waals surface area contributed by atoms with E-state index in [1.54, 1.807) is 0 Å². The molecule has 0 amide bonds. The molecule has 0 spiro atoms. The Morgan fingerprint density at radius 2 is 2.25 bits per heavy atom. The fraction of sp³-hybridized carbons (Fsp3) is 0.625. The lowest BCUT2D eigenvalue weighted by atomic mass is 10.3. The van der Waals surface area contributed by atoms with E-state index in [0.717, 1.165) is 17.1 Å². The van der Waals surface area contributed by atoms with Crippen LogP contribution in [0.5, 0.6) is 0 Å². The zero-order valence-electron chi connectivity index (χ0n) is 7.37.